The Morgan fingerprint density at radius 2 is 2.00 bits per heavy atom. The van der Waals surface area contributed by atoms with Crippen molar-refractivity contribution in [2.45, 2.75) is 33.6 Å². The number of H-pyrrole nitrogens is 1. The van der Waals surface area contributed by atoms with Crippen LogP contribution in [0.2, 0.25) is 0 Å². The molecule has 0 unspecified atom stereocenters. The van der Waals surface area contributed by atoms with Gasteiger partial charge < -0.3 is 9.72 Å². The molecule has 1 heterocycles. The molecule has 0 aliphatic rings. The number of ether oxygens (including phenoxy) is 1. The Morgan fingerprint density at radius 1 is 1.33 bits per heavy atom. The highest BCUT2D eigenvalue weighted by molar-refractivity contribution is 6.04. The molecular weight excluding hydrogens is 268 g/mol. The maximum absolute atomic E-state index is 12.4. The lowest BCUT2D eigenvalue weighted by atomic mass is 10.0. The molecule has 0 saturated heterocycles. The van der Waals surface area contributed by atoms with E-state index in [1.54, 1.807) is 14.0 Å². The van der Waals surface area contributed by atoms with E-state index in [4.69, 9.17) is 4.74 Å². The number of carbonyl (C=O) groups excluding carboxylic acids is 2. The molecule has 118 valence electrons. The molecular formula is C16H26N2O3. The fraction of sp³-hybridized carbons (Fsp3) is 0.625. The third kappa shape index (κ3) is 4.51. The number of likely N-dealkylation sites (N-methyl/N-ethyl adjacent to an activating group) is 1. The molecule has 5 nitrogen and oxygen atoms in total. The first-order valence-electron chi connectivity index (χ1n) is 7.35. The Morgan fingerprint density at radius 3 is 2.52 bits per heavy atom. The minimum absolute atomic E-state index is 0.00750. The molecule has 0 amide bonds. The lowest BCUT2D eigenvalue weighted by Gasteiger charge is -2.15. The summed E-state index contributed by atoms with van der Waals surface area (Å²) in [4.78, 5) is 29.2. The Hall–Kier alpha value is -1.46. The van der Waals surface area contributed by atoms with E-state index >= 15 is 0 Å². The third-order valence-electron chi connectivity index (χ3n) is 3.58. The molecule has 0 radical (unpaired) electrons. The molecule has 0 saturated carbocycles. The third-order valence-corrected chi connectivity index (χ3v) is 3.58. The second kappa shape index (κ2) is 8.10. The van der Waals surface area contributed by atoms with Crippen molar-refractivity contribution >= 4 is 11.6 Å². The molecule has 0 aliphatic heterocycles. The summed E-state index contributed by atoms with van der Waals surface area (Å²) < 4.78 is 5.01. The Kier molecular flexibility index (Phi) is 6.78. The first-order chi connectivity index (χ1) is 9.92. The van der Waals surface area contributed by atoms with Crippen molar-refractivity contribution in [1.82, 2.24) is 9.88 Å². The second-order valence-electron chi connectivity index (χ2n) is 5.40. The topological polar surface area (TPSA) is 62.4 Å². The molecule has 21 heavy (non-hydrogen) atoms. The summed E-state index contributed by atoms with van der Waals surface area (Å²) in [6.07, 6.45) is 1.57. The van der Waals surface area contributed by atoms with Crippen LogP contribution in [-0.4, -0.2) is 55.3 Å². The van der Waals surface area contributed by atoms with Crippen molar-refractivity contribution < 1.29 is 14.3 Å². The number of aromatic nitrogens is 1. The summed E-state index contributed by atoms with van der Waals surface area (Å²) in [5.41, 5.74) is 2.88. The van der Waals surface area contributed by atoms with Crippen LogP contribution >= 0.6 is 0 Å². The van der Waals surface area contributed by atoms with Gasteiger partial charge in [0, 0.05) is 31.5 Å². The zero-order chi connectivity index (χ0) is 16.0. The summed E-state index contributed by atoms with van der Waals surface area (Å²) >= 11 is 0. The molecule has 1 N–H and O–H groups in total. The molecule has 0 aromatic carbocycles. The Bertz CT molecular complexity index is 506. The summed E-state index contributed by atoms with van der Waals surface area (Å²) in [7, 11) is 3.59. The molecule has 1 aromatic rings. The van der Waals surface area contributed by atoms with Crippen molar-refractivity contribution in [3.05, 3.63) is 22.5 Å². The predicted octanol–water partition coefficient (Wildman–Crippen LogP) is 2.24. The van der Waals surface area contributed by atoms with Gasteiger partial charge in [-0.2, -0.15) is 0 Å². The van der Waals surface area contributed by atoms with E-state index in [1.807, 2.05) is 25.8 Å². The molecule has 5 heteroatoms. The van der Waals surface area contributed by atoms with Gasteiger partial charge >= 0.3 is 0 Å². The monoisotopic (exact) mass is 294 g/mol. The van der Waals surface area contributed by atoms with Crippen LogP contribution in [0.5, 0.6) is 0 Å². The normalized spacial score (nSPS) is 11.1. The number of aromatic amines is 1. The number of Topliss-reactive ketones (excluding diaryl/α,β-unsaturated/α-hetero) is 2. The van der Waals surface area contributed by atoms with Crippen LogP contribution in [-0.2, 0) is 11.2 Å². The summed E-state index contributed by atoms with van der Waals surface area (Å²) in [5, 5.41) is 0. The highest BCUT2D eigenvalue weighted by Crippen LogP contribution is 2.21. The summed E-state index contributed by atoms with van der Waals surface area (Å²) in [6, 6.07) is 0. The minimum atomic E-state index is 0.00750. The second-order valence-corrected chi connectivity index (χ2v) is 5.40. The van der Waals surface area contributed by atoms with Gasteiger partial charge in [-0.25, -0.2) is 0 Å². The van der Waals surface area contributed by atoms with Crippen LogP contribution in [0.25, 0.3) is 0 Å². The van der Waals surface area contributed by atoms with Gasteiger partial charge in [-0.05, 0) is 39.3 Å². The number of ketones is 2. The van der Waals surface area contributed by atoms with Gasteiger partial charge in [0.1, 0.15) is 0 Å². The SMILES string of the molecule is CCc1c(C(=O)CN(C)CCCOC)[nH]c(C)c1C(C)=O. The van der Waals surface area contributed by atoms with Crippen LogP contribution in [0, 0.1) is 6.92 Å². The van der Waals surface area contributed by atoms with Crippen LogP contribution in [0.4, 0.5) is 0 Å². The van der Waals surface area contributed by atoms with Gasteiger partial charge in [-0.15, -0.1) is 0 Å². The Balaban J connectivity index is 2.83. The molecule has 0 bridgehead atoms. The number of nitrogens with zero attached hydrogens (tertiary/aromatic N) is 1. The standard InChI is InChI=1S/C16H26N2O3/c1-6-13-15(12(3)19)11(2)17-16(13)14(20)10-18(4)8-7-9-21-5/h17H,6-10H2,1-5H3. The van der Waals surface area contributed by atoms with Crippen molar-refractivity contribution in [3.63, 3.8) is 0 Å². The molecule has 1 aromatic heterocycles. The lowest BCUT2D eigenvalue weighted by molar-refractivity contribution is 0.0933. The number of carbonyl (C=O) groups is 2. The largest absolute Gasteiger partial charge is 0.385 e. The quantitative estimate of drug-likeness (QED) is 0.560. The highest BCUT2D eigenvalue weighted by Gasteiger charge is 2.22. The van der Waals surface area contributed by atoms with E-state index in [1.165, 1.54) is 0 Å². The number of aryl methyl sites for hydroxylation is 1. The van der Waals surface area contributed by atoms with E-state index in [0.717, 1.165) is 24.2 Å². The number of rotatable bonds is 9. The average Bonchev–Trinajstić information content (AvgIpc) is 2.75. The molecule has 0 fully saturated rings. The summed E-state index contributed by atoms with van der Waals surface area (Å²) in [5.74, 6) is 0.0375. The number of methoxy groups -OCH3 is 1. The first-order valence-corrected chi connectivity index (χ1v) is 7.35. The van der Waals surface area contributed by atoms with Crippen LogP contribution in [0.15, 0.2) is 0 Å². The van der Waals surface area contributed by atoms with Crippen molar-refractivity contribution in [2.24, 2.45) is 0 Å². The van der Waals surface area contributed by atoms with Crippen LogP contribution in [0.1, 0.15) is 52.4 Å². The van der Waals surface area contributed by atoms with E-state index in [0.29, 0.717) is 30.8 Å². The summed E-state index contributed by atoms with van der Waals surface area (Å²) in [6.45, 7) is 7.19. The molecule has 0 aliphatic carbocycles. The van der Waals surface area contributed by atoms with Gasteiger partial charge in [0.25, 0.3) is 0 Å². The maximum Gasteiger partial charge on any atom is 0.193 e. The first kappa shape index (κ1) is 17.6. The number of hydrogen-bond donors (Lipinski definition) is 1. The van der Waals surface area contributed by atoms with Gasteiger partial charge in [-0.3, -0.25) is 14.5 Å². The zero-order valence-corrected chi connectivity index (χ0v) is 13.7. The molecule has 0 spiro atoms. The predicted molar refractivity (Wildman–Crippen MR) is 83.2 cm³/mol. The number of hydrogen-bond acceptors (Lipinski definition) is 4. The van der Waals surface area contributed by atoms with E-state index < -0.39 is 0 Å². The molecule has 1 rings (SSSR count). The van der Waals surface area contributed by atoms with Crippen molar-refractivity contribution in [1.29, 1.82) is 0 Å². The fourth-order valence-corrected chi connectivity index (χ4v) is 2.63. The van der Waals surface area contributed by atoms with Gasteiger partial charge in [0.05, 0.1) is 12.2 Å². The Labute approximate surface area is 126 Å². The van der Waals surface area contributed by atoms with Crippen molar-refractivity contribution in [3.8, 4) is 0 Å². The highest BCUT2D eigenvalue weighted by atomic mass is 16.5. The van der Waals surface area contributed by atoms with Gasteiger partial charge in [0.2, 0.25) is 0 Å². The zero-order valence-electron chi connectivity index (χ0n) is 13.7. The van der Waals surface area contributed by atoms with Gasteiger partial charge in [-0.1, -0.05) is 6.92 Å². The van der Waals surface area contributed by atoms with E-state index in [-0.39, 0.29) is 11.6 Å². The maximum atomic E-state index is 12.4. The van der Waals surface area contributed by atoms with Crippen LogP contribution < -0.4 is 0 Å². The fourth-order valence-electron chi connectivity index (χ4n) is 2.63. The van der Waals surface area contributed by atoms with Crippen molar-refractivity contribution in [2.75, 3.05) is 33.9 Å². The van der Waals surface area contributed by atoms with E-state index in [9.17, 15) is 9.59 Å². The van der Waals surface area contributed by atoms with E-state index in [2.05, 4.69) is 4.98 Å². The van der Waals surface area contributed by atoms with Crippen LogP contribution in [0.3, 0.4) is 0 Å². The van der Waals surface area contributed by atoms with Gasteiger partial charge in [0.15, 0.2) is 11.6 Å². The average molecular weight is 294 g/mol. The molecule has 0 atom stereocenters. The lowest BCUT2D eigenvalue weighted by Crippen LogP contribution is -2.28. The number of nitrogens with one attached hydrogen (secondary N) is 1. The smallest absolute Gasteiger partial charge is 0.193 e. The minimum Gasteiger partial charge on any atom is -0.385 e.